The summed E-state index contributed by atoms with van der Waals surface area (Å²) in [5, 5.41) is 2.91. The monoisotopic (exact) mass is 468 g/mol. The molecule has 0 aromatic heterocycles. The van der Waals surface area contributed by atoms with Crippen molar-refractivity contribution in [2.45, 2.75) is 61.1 Å². The molecule has 4 aliphatic rings. The van der Waals surface area contributed by atoms with Gasteiger partial charge in [-0.1, -0.05) is 15.9 Å². The van der Waals surface area contributed by atoms with Crippen molar-refractivity contribution in [2.75, 3.05) is 5.32 Å². The molecule has 4 bridgehead atoms. The van der Waals surface area contributed by atoms with E-state index in [9.17, 15) is 18.0 Å². The number of anilines is 1. The molecule has 4 fully saturated rings. The molecule has 1 aromatic carbocycles. The Kier molecular flexibility index (Phi) is 4.85. The number of carbonyl (C=O) groups excluding carboxylic acids is 2. The van der Waals surface area contributed by atoms with Gasteiger partial charge in [0.25, 0.3) is 10.0 Å². The van der Waals surface area contributed by atoms with Gasteiger partial charge in [0, 0.05) is 23.4 Å². The normalized spacial score (nSPS) is 33.5. The van der Waals surface area contributed by atoms with Crippen molar-refractivity contribution in [3.05, 3.63) is 24.3 Å². The summed E-state index contributed by atoms with van der Waals surface area (Å²) in [4.78, 5) is 23.7. The van der Waals surface area contributed by atoms with Crippen LogP contribution in [0.5, 0.6) is 0 Å². The first-order chi connectivity index (χ1) is 13.1. The van der Waals surface area contributed by atoms with Gasteiger partial charge < -0.3 is 5.32 Å². The van der Waals surface area contributed by atoms with E-state index in [-0.39, 0.29) is 20.5 Å². The number of sulfonamides is 1. The molecule has 1 aromatic rings. The van der Waals surface area contributed by atoms with Gasteiger partial charge in [-0.25, -0.2) is 13.1 Å². The topological polar surface area (TPSA) is 92.3 Å². The molecule has 0 heterocycles. The van der Waals surface area contributed by atoms with Gasteiger partial charge in [0.2, 0.25) is 11.8 Å². The minimum absolute atomic E-state index is 0.0111. The lowest BCUT2D eigenvalue weighted by Gasteiger charge is -2.60. The molecule has 4 atom stereocenters. The fourth-order valence-electron chi connectivity index (χ4n) is 6.05. The van der Waals surface area contributed by atoms with E-state index in [0.29, 0.717) is 12.1 Å². The van der Waals surface area contributed by atoms with Crippen LogP contribution in [0.4, 0.5) is 5.69 Å². The molecule has 2 unspecified atom stereocenters. The van der Waals surface area contributed by atoms with Gasteiger partial charge in [-0.15, -0.1) is 0 Å². The summed E-state index contributed by atoms with van der Waals surface area (Å²) in [5.41, 5.74) is 0.650. The minimum atomic E-state index is -3.87. The molecule has 6 nitrogen and oxygen atoms in total. The van der Waals surface area contributed by atoms with Crippen LogP contribution in [0.3, 0.4) is 0 Å². The third kappa shape index (κ3) is 3.99. The molecule has 0 saturated heterocycles. The van der Waals surface area contributed by atoms with Gasteiger partial charge in [-0.2, -0.15) is 0 Å². The summed E-state index contributed by atoms with van der Waals surface area (Å²) < 4.78 is 26.1. The van der Waals surface area contributed by atoms with E-state index in [0.717, 1.165) is 38.0 Å². The lowest BCUT2D eigenvalue weighted by molar-refractivity contribution is -0.123. The quantitative estimate of drug-likeness (QED) is 0.645. The van der Waals surface area contributed by atoms with Gasteiger partial charge in [0.15, 0.2) is 0 Å². The molecular weight excluding hydrogens is 444 g/mol. The van der Waals surface area contributed by atoms with Crippen LogP contribution in [0.25, 0.3) is 0 Å². The molecule has 0 aliphatic heterocycles. The summed E-state index contributed by atoms with van der Waals surface area (Å²) in [6.45, 7) is 1.15. The number of amides is 2. The second kappa shape index (κ2) is 6.83. The Morgan fingerprint density at radius 2 is 1.71 bits per heavy atom. The van der Waals surface area contributed by atoms with Crippen molar-refractivity contribution in [3.8, 4) is 0 Å². The lowest BCUT2D eigenvalue weighted by atomic mass is 9.48. The number of carbonyl (C=O) groups is 2. The van der Waals surface area contributed by atoms with Crippen LogP contribution >= 0.6 is 15.9 Å². The van der Waals surface area contributed by atoms with Gasteiger partial charge >= 0.3 is 0 Å². The first-order valence-corrected chi connectivity index (χ1v) is 12.0. The molecule has 5 rings (SSSR count). The molecule has 2 amide bonds. The molecule has 152 valence electrons. The van der Waals surface area contributed by atoms with Crippen LogP contribution in [-0.2, 0) is 19.6 Å². The van der Waals surface area contributed by atoms with Gasteiger partial charge in [-0.05, 0) is 80.0 Å². The molecule has 0 spiro atoms. The van der Waals surface area contributed by atoms with E-state index in [1.165, 1.54) is 31.4 Å². The highest BCUT2D eigenvalue weighted by Gasteiger charge is 2.57. The van der Waals surface area contributed by atoms with Crippen LogP contribution in [0, 0.1) is 17.3 Å². The second-order valence-corrected chi connectivity index (χ2v) is 12.4. The number of nitrogens with one attached hydrogen (secondary N) is 2. The highest BCUT2D eigenvalue weighted by atomic mass is 79.9. The molecule has 28 heavy (non-hydrogen) atoms. The van der Waals surface area contributed by atoms with Crippen LogP contribution in [0.2, 0.25) is 0 Å². The fraction of sp³-hybridized carbons (Fsp3) is 0.600. The zero-order valence-corrected chi connectivity index (χ0v) is 18.2. The van der Waals surface area contributed by atoms with E-state index in [1.54, 1.807) is 12.1 Å². The number of rotatable bonds is 5. The summed E-state index contributed by atoms with van der Waals surface area (Å²) in [6.07, 6.45) is 7.62. The lowest BCUT2D eigenvalue weighted by Crippen LogP contribution is -2.53. The number of benzene rings is 1. The van der Waals surface area contributed by atoms with E-state index < -0.39 is 15.9 Å². The zero-order chi connectivity index (χ0) is 20.2. The van der Waals surface area contributed by atoms with Crippen LogP contribution in [0.15, 0.2) is 29.2 Å². The maximum atomic E-state index is 12.7. The molecular formula is C20H25BrN2O4S. The summed E-state index contributed by atoms with van der Waals surface area (Å²) in [5.74, 6) is 0.798. The minimum Gasteiger partial charge on any atom is -0.326 e. The molecule has 4 aliphatic carbocycles. The van der Waals surface area contributed by atoms with Crippen LogP contribution in [-0.4, -0.2) is 24.6 Å². The first kappa shape index (κ1) is 19.9. The standard InChI is InChI=1S/C20H25BrN2O4S/c1-13(24)23-28(26,27)17-4-2-16(3-5-17)22-18(25)11-19-7-14-6-15(8-19)10-20(21,9-14)12-19/h2-5,14-15H,6-12H2,1H3,(H,22,25)(H,23,24)/t14-,15+,19?,20?. The Balaban J connectivity index is 1.41. The van der Waals surface area contributed by atoms with Gasteiger partial charge in [-0.3, -0.25) is 9.59 Å². The average Bonchev–Trinajstić information content (AvgIpc) is 2.50. The average molecular weight is 469 g/mol. The SMILES string of the molecule is CC(=O)NS(=O)(=O)c1ccc(NC(=O)CC23C[C@@H]4C[C@@H](CC(Br)(C4)C2)C3)cc1. The third-order valence-electron chi connectivity index (χ3n) is 6.37. The summed E-state index contributed by atoms with van der Waals surface area (Å²) in [7, 11) is -3.87. The van der Waals surface area contributed by atoms with E-state index in [1.807, 2.05) is 4.72 Å². The van der Waals surface area contributed by atoms with Crippen LogP contribution in [0.1, 0.15) is 51.9 Å². The molecule has 8 heteroatoms. The van der Waals surface area contributed by atoms with Crippen molar-refractivity contribution >= 4 is 43.5 Å². The second-order valence-electron chi connectivity index (χ2n) is 9.02. The number of halogens is 1. The third-order valence-corrected chi connectivity index (χ3v) is 8.75. The highest BCUT2D eigenvalue weighted by molar-refractivity contribution is 9.10. The van der Waals surface area contributed by atoms with Gasteiger partial charge in [0.1, 0.15) is 0 Å². The van der Waals surface area contributed by atoms with E-state index >= 15 is 0 Å². The summed E-state index contributed by atoms with van der Waals surface area (Å²) >= 11 is 3.97. The van der Waals surface area contributed by atoms with Crippen molar-refractivity contribution in [3.63, 3.8) is 0 Å². The Hall–Kier alpha value is -1.41. The zero-order valence-electron chi connectivity index (χ0n) is 15.8. The molecule has 4 saturated carbocycles. The van der Waals surface area contributed by atoms with Crippen molar-refractivity contribution in [2.24, 2.45) is 17.3 Å². The van der Waals surface area contributed by atoms with Crippen molar-refractivity contribution < 1.29 is 18.0 Å². The highest BCUT2D eigenvalue weighted by Crippen LogP contribution is 2.65. The number of alkyl halides is 1. The Bertz CT molecular complexity index is 899. The number of hydrogen-bond donors (Lipinski definition) is 2. The predicted octanol–water partition coefficient (Wildman–Crippen LogP) is 3.57. The Morgan fingerprint density at radius 3 is 2.25 bits per heavy atom. The summed E-state index contributed by atoms with van der Waals surface area (Å²) in [6, 6.07) is 5.88. The van der Waals surface area contributed by atoms with Crippen molar-refractivity contribution in [1.29, 1.82) is 0 Å². The molecule has 0 radical (unpaired) electrons. The van der Waals surface area contributed by atoms with E-state index in [2.05, 4.69) is 21.2 Å². The maximum absolute atomic E-state index is 12.7. The predicted molar refractivity (Wildman–Crippen MR) is 109 cm³/mol. The largest absolute Gasteiger partial charge is 0.326 e. The number of hydrogen-bond acceptors (Lipinski definition) is 4. The molecule has 2 N–H and O–H groups in total. The van der Waals surface area contributed by atoms with E-state index in [4.69, 9.17) is 0 Å². The maximum Gasteiger partial charge on any atom is 0.264 e. The Labute approximate surface area is 174 Å². The van der Waals surface area contributed by atoms with Crippen molar-refractivity contribution in [1.82, 2.24) is 4.72 Å². The fourth-order valence-corrected chi connectivity index (χ4v) is 8.56. The van der Waals surface area contributed by atoms with Gasteiger partial charge in [0.05, 0.1) is 4.90 Å². The smallest absolute Gasteiger partial charge is 0.264 e. The first-order valence-electron chi connectivity index (χ1n) is 9.69. The van der Waals surface area contributed by atoms with Crippen LogP contribution < -0.4 is 10.0 Å². The Morgan fingerprint density at radius 1 is 1.11 bits per heavy atom.